The molecule has 0 aliphatic carbocycles. The maximum absolute atomic E-state index is 12.5. The summed E-state index contributed by atoms with van der Waals surface area (Å²) in [6.07, 6.45) is 3.99. The first-order chi connectivity index (χ1) is 14.0. The van der Waals surface area contributed by atoms with Crippen molar-refractivity contribution in [3.05, 3.63) is 70.8 Å². The fraction of sp³-hybridized carbons (Fsp3) is 0.158. The van der Waals surface area contributed by atoms with Crippen LogP contribution in [0.3, 0.4) is 0 Å². The van der Waals surface area contributed by atoms with E-state index in [1.807, 2.05) is 0 Å². The molecule has 1 aliphatic heterocycles. The predicted molar refractivity (Wildman–Crippen MR) is 104 cm³/mol. The molecule has 1 saturated heterocycles. The standard InChI is InChI=1S/C19H16N6O4/c26-18-2-1-9-23(18)15-6-4-14(5-7-15)22-19(27)13-3-8-16(17(10-13)25(28)29)24-12-20-11-21-24/h3-8,10-12H,1-2,9H2,(H,22,27). The van der Waals surface area contributed by atoms with Gasteiger partial charge >= 0.3 is 0 Å². The molecule has 146 valence electrons. The molecule has 2 aromatic carbocycles. The van der Waals surface area contributed by atoms with E-state index in [0.29, 0.717) is 18.7 Å². The summed E-state index contributed by atoms with van der Waals surface area (Å²) in [4.78, 5) is 40.7. The minimum Gasteiger partial charge on any atom is -0.322 e. The van der Waals surface area contributed by atoms with Gasteiger partial charge in [0.2, 0.25) is 5.91 Å². The summed E-state index contributed by atoms with van der Waals surface area (Å²) in [6, 6.07) is 11.0. The van der Waals surface area contributed by atoms with Crippen LogP contribution in [0, 0.1) is 10.1 Å². The van der Waals surface area contributed by atoms with Crippen molar-refractivity contribution in [1.82, 2.24) is 14.8 Å². The molecule has 10 heteroatoms. The number of aromatic nitrogens is 3. The van der Waals surface area contributed by atoms with Crippen LogP contribution in [0.5, 0.6) is 0 Å². The molecule has 4 rings (SSSR count). The summed E-state index contributed by atoms with van der Waals surface area (Å²) in [6.45, 7) is 0.687. The molecule has 1 aromatic heterocycles. The zero-order valence-electron chi connectivity index (χ0n) is 15.2. The summed E-state index contributed by atoms with van der Waals surface area (Å²) in [5.74, 6) is -0.398. The molecule has 29 heavy (non-hydrogen) atoms. The normalized spacial score (nSPS) is 13.5. The van der Waals surface area contributed by atoms with Gasteiger partial charge in [0.25, 0.3) is 11.6 Å². The highest BCUT2D eigenvalue weighted by Gasteiger charge is 2.22. The summed E-state index contributed by atoms with van der Waals surface area (Å²) in [5.41, 5.74) is 1.39. The Morgan fingerprint density at radius 3 is 2.59 bits per heavy atom. The molecule has 10 nitrogen and oxygen atoms in total. The summed E-state index contributed by atoms with van der Waals surface area (Å²) < 4.78 is 1.26. The fourth-order valence-corrected chi connectivity index (χ4v) is 3.19. The zero-order valence-corrected chi connectivity index (χ0v) is 15.2. The number of rotatable bonds is 5. The topological polar surface area (TPSA) is 123 Å². The number of nitro groups is 1. The summed E-state index contributed by atoms with van der Waals surface area (Å²) in [5, 5.41) is 18.0. The number of nitrogens with zero attached hydrogens (tertiary/aromatic N) is 5. The molecule has 1 N–H and O–H groups in total. The van der Waals surface area contributed by atoms with Gasteiger partial charge in [0, 0.05) is 36.0 Å². The van der Waals surface area contributed by atoms with Gasteiger partial charge in [-0.3, -0.25) is 19.7 Å². The lowest BCUT2D eigenvalue weighted by atomic mass is 10.1. The fourth-order valence-electron chi connectivity index (χ4n) is 3.19. The third-order valence-electron chi connectivity index (χ3n) is 4.61. The predicted octanol–water partition coefficient (Wildman–Crippen LogP) is 2.55. The highest BCUT2D eigenvalue weighted by atomic mass is 16.6. The van der Waals surface area contributed by atoms with Crippen molar-refractivity contribution in [2.75, 3.05) is 16.8 Å². The second-order valence-electron chi connectivity index (χ2n) is 6.45. The van der Waals surface area contributed by atoms with E-state index in [4.69, 9.17) is 0 Å². The molecule has 1 aliphatic rings. The Hall–Kier alpha value is -4.08. The van der Waals surface area contributed by atoms with E-state index in [1.54, 1.807) is 29.2 Å². The molecular weight excluding hydrogens is 376 g/mol. The summed E-state index contributed by atoms with van der Waals surface area (Å²) >= 11 is 0. The monoisotopic (exact) mass is 392 g/mol. The molecule has 0 unspecified atom stereocenters. The van der Waals surface area contributed by atoms with E-state index in [-0.39, 0.29) is 22.8 Å². The van der Waals surface area contributed by atoms with Crippen molar-refractivity contribution < 1.29 is 14.5 Å². The van der Waals surface area contributed by atoms with Crippen LogP contribution in [0.25, 0.3) is 5.69 Å². The van der Waals surface area contributed by atoms with Crippen molar-refractivity contribution in [3.8, 4) is 5.69 Å². The number of carbonyl (C=O) groups is 2. The minimum absolute atomic E-state index is 0.0848. The molecule has 0 radical (unpaired) electrons. The number of hydrogen-bond acceptors (Lipinski definition) is 6. The van der Waals surface area contributed by atoms with Crippen molar-refractivity contribution >= 4 is 28.9 Å². The third kappa shape index (κ3) is 3.68. The van der Waals surface area contributed by atoms with Crippen LogP contribution >= 0.6 is 0 Å². The van der Waals surface area contributed by atoms with Gasteiger partial charge in [0.1, 0.15) is 18.3 Å². The SMILES string of the molecule is O=C(Nc1ccc(N2CCCC2=O)cc1)c1ccc(-n2cncn2)c([N+](=O)[O-])c1. The largest absolute Gasteiger partial charge is 0.322 e. The molecular formula is C19H16N6O4. The molecule has 0 spiro atoms. The first-order valence-corrected chi connectivity index (χ1v) is 8.88. The van der Waals surface area contributed by atoms with Crippen molar-refractivity contribution in [3.63, 3.8) is 0 Å². The van der Waals surface area contributed by atoms with Crippen LogP contribution in [-0.2, 0) is 4.79 Å². The van der Waals surface area contributed by atoms with Gasteiger partial charge in [-0.25, -0.2) is 9.67 Å². The van der Waals surface area contributed by atoms with Gasteiger partial charge in [-0.15, -0.1) is 0 Å². The van der Waals surface area contributed by atoms with Gasteiger partial charge in [-0.1, -0.05) is 0 Å². The number of anilines is 2. The Morgan fingerprint density at radius 2 is 1.97 bits per heavy atom. The van der Waals surface area contributed by atoms with Crippen LogP contribution in [-0.4, -0.2) is 38.0 Å². The quantitative estimate of drug-likeness (QED) is 0.526. The lowest BCUT2D eigenvalue weighted by Crippen LogP contribution is -2.23. The van der Waals surface area contributed by atoms with Crippen molar-refractivity contribution in [2.24, 2.45) is 0 Å². The third-order valence-corrected chi connectivity index (χ3v) is 4.61. The molecule has 0 bridgehead atoms. The Kier molecular flexibility index (Phi) is 4.73. The number of hydrogen-bond donors (Lipinski definition) is 1. The lowest BCUT2D eigenvalue weighted by molar-refractivity contribution is -0.384. The number of nitrogens with one attached hydrogen (secondary N) is 1. The molecule has 2 heterocycles. The second kappa shape index (κ2) is 7.50. The van der Waals surface area contributed by atoms with Crippen molar-refractivity contribution in [2.45, 2.75) is 12.8 Å². The Balaban J connectivity index is 1.53. The van der Waals surface area contributed by atoms with E-state index in [0.717, 1.165) is 12.1 Å². The lowest BCUT2D eigenvalue weighted by Gasteiger charge is -2.16. The van der Waals surface area contributed by atoms with Gasteiger partial charge in [0.15, 0.2) is 0 Å². The maximum atomic E-state index is 12.5. The van der Waals surface area contributed by atoms with Gasteiger partial charge in [-0.2, -0.15) is 5.10 Å². The van der Waals surface area contributed by atoms with Gasteiger partial charge in [0.05, 0.1) is 4.92 Å². The minimum atomic E-state index is -0.574. The zero-order chi connectivity index (χ0) is 20.4. The van der Waals surface area contributed by atoms with Crippen LogP contribution in [0.2, 0.25) is 0 Å². The van der Waals surface area contributed by atoms with Crippen LogP contribution in [0.15, 0.2) is 55.1 Å². The van der Waals surface area contributed by atoms with Crippen LogP contribution < -0.4 is 10.2 Å². The average molecular weight is 392 g/mol. The van der Waals surface area contributed by atoms with Gasteiger partial charge in [-0.05, 0) is 42.8 Å². The van der Waals surface area contributed by atoms with E-state index >= 15 is 0 Å². The molecule has 0 saturated carbocycles. The van der Waals surface area contributed by atoms with Crippen LogP contribution in [0.4, 0.5) is 17.1 Å². The number of amides is 2. The maximum Gasteiger partial charge on any atom is 0.295 e. The number of benzene rings is 2. The number of carbonyl (C=O) groups excluding carboxylic acids is 2. The first-order valence-electron chi connectivity index (χ1n) is 8.88. The Bertz CT molecular complexity index is 1080. The highest BCUT2D eigenvalue weighted by molar-refractivity contribution is 6.05. The Morgan fingerprint density at radius 1 is 1.17 bits per heavy atom. The van der Waals surface area contributed by atoms with E-state index in [1.165, 1.54) is 35.5 Å². The molecule has 2 amide bonds. The molecule has 0 atom stereocenters. The number of nitro benzene ring substituents is 1. The first kappa shape index (κ1) is 18.3. The van der Waals surface area contributed by atoms with Crippen LogP contribution in [0.1, 0.15) is 23.2 Å². The van der Waals surface area contributed by atoms with Crippen molar-refractivity contribution in [1.29, 1.82) is 0 Å². The molecule has 1 fully saturated rings. The van der Waals surface area contributed by atoms with Gasteiger partial charge < -0.3 is 10.2 Å². The molecule has 3 aromatic rings. The Labute approximate surface area is 164 Å². The van der Waals surface area contributed by atoms with E-state index < -0.39 is 10.8 Å². The average Bonchev–Trinajstić information content (AvgIpc) is 3.40. The summed E-state index contributed by atoms with van der Waals surface area (Å²) in [7, 11) is 0. The van der Waals surface area contributed by atoms with E-state index in [9.17, 15) is 19.7 Å². The van der Waals surface area contributed by atoms with E-state index in [2.05, 4.69) is 15.4 Å². The smallest absolute Gasteiger partial charge is 0.295 e. The highest BCUT2D eigenvalue weighted by Crippen LogP contribution is 2.25. The second-order valence-corrected chi connectivity index (χ2v) is 6.45.